The van der Waals surface area contributed by atoms with Gasteiger partial charge >= 0.3 is 6.09 Å². The molecule has 2 N–H and O–H groups in total. The van der Waals surface area contributed by atoms with Gasteiger partial charge in [0.15, 0.2) is 0 Å². The van der Waals surface area contributed by atoms with E-state index in [4.69, 9.17) is 4.74 Å². The SMILES string of the molecule is CC(C)COC(=O)Nc1ccc2[nH]cc(C3CCN(C)CC3)c2n1. The molecule has 1 amide bonds. The van der Waals surface area contributed by atoms with Crippen molar-refractivity contribution >= 4 is 22.9 Å². The Morgan fingerprint density at radius 3 is 2.88 bits per heavy atom. The zero-order valence-corrected chi connectivity index (χ0v) is 14.6. The molecule has 6 nitrogen and oxygen atoms in total. The van der Waals surface area contributed by atoms with Crippen LogP contribution in [0, 0.1) is 5.92 Å². The Morgan fingerprint density at radius 1 is 1.42 bits per heavy atom. The molecule has 24 heavy (non-hydrogen) atoms. The first-order valence-corrected chi connectivity index (χ1v) is 8.63. The molecule has 2 aromatic rings. The molecular weight excluding hydrogens is 304 g/mol. The highest BCUT2D eigenvalue weighted by atomic mass is 16.5. The average Bonchev–Trinajstić information content (AvgIpc) is 2.97. The quantitative estimate of drug-likeness (QED) is 0.899. The number of aromatic amines is 1. The zero-order valence-electron chi connectivity index (χ0n) is 14.6. The van der Waals surface area contributed by atoms with Crippen LogP contribution < -0.4 is 5.32 Å². The summed E-state index contributed by atoms with van der Waals surface area (Å²) in [6.07, 6.45) is 3.89. The molecule has 1 fully saturated rings. The molecule has 3 heterocycles. The molecule has 0 atom stereocenters. The summed E-state index contributed by atoms with van der Waals surface area (Å²) in [6.45, 7) is 6.63. The number of likely N-dealkylation sites (tertiary alicyclic amines) is 1. The number of nitrogens with one attached hydrogen (secondary N) is 2. The fourth-order valence-electron chi connectivity index (χ4n) is 3.10. The van der Waals surface area contributed by atoms with Crippen LogP contribution in [0.15, 0.2) is 18.3 Å². The highest BCUT2D eigenvalue weighted by Gasteiger charge is 2.22. The van der Waals surface area contributed by atoms with E-state index in [0.717, 1.165) is 37.0 Å². The Morgan fingerprint density at radius 2 is 2.17 bits per heavy atom. The predicted molar refractivity (Wildman–Crippen MR) is 95.4 cm³/mol. The van der Waals surface area contributed by atoms with Crippen LogP contribution in [0.5, 0.6) is 0 Å². The van der Waals surface area contributed by atoms with E-state index >= 15 is 0 Å². The van der Waals surface area contributed by atoms with E-state index < -0.39 is 6.09 Å². The third kappa shape index (κ3) is 3.87. The number of nitrogens with zero attached hydrogens (tertiary/aromatic N) is 2. The Bertz CT molecular complexity index is 702. The molecule has 1 aliphatic heterocycles. The minimum absolute atomic E-state index is 0.312. The first kappa shape index (κ1) is 16.8. The summed E-state index contributed by atoms with van der Waals surface area (Å²) >= 11 is 0. The lowest BCUT2D eigenvalue weighted by molar-refractivity contribution is 0.147. The van der Waals surface area contributed by atoms with Crippen LogP contribution in [-0.2, 0) is 4.74 Å². The minimum Gasteiger partial charge on any atom is -0.449 e. The number of anilines is 1. The number of fused-ring (bicyclic) bond motifs is 1. The standard InChI is InChI=1S/C18H26N4O2/c1-12(2)11-24-18(23)21-16-5-4-15-17(20-16)14(10-19-15)13-6-8-22(3)9-7-13/h4-5,10,12-13,19H,6-9,11H2,1-3H3,(H,20,21,23). The van der Waals surface area contributed by atoms with Gasteiger partial charge in [-0.2, -0.15) is 0 Å². The van der Waals surface area contributed by atoms with Crippen molar-refractivity contribution in [2.24, 2.45) is 5.92 Å². The Hall–Kier alpha value is -2.08. The van der Waals surface area contributed by atoms with E-state index in [1.165, 1.54) is 5.56 Å². The number of aromatic nitrogens is 2. The van der Waals surface area contributed by atoms with Crippen LogP contribution in [0.1, 0.15) is 38.2 Å². The van der Waals surface area contributed by atoms with Crippen molar-refractivity contribution < 1.29 is 9.53 Å². The lowest BCUT2D eigenvalue weighted by atomic mass is 9.91. The highest BCUT2D eigenvalue weighted by molar-refractivity contribution is 5.87. The van der Waals surface area contributed by atoms with E-state index in [1.54, 1.807) is 6.07 Å². The smallest absolute Gasteiger partial charge is 0.412 e. The van der Waals surface area contributed by atoms with Gasteiger partial charge in [-0.05, 0) is 62.5 Å². The van der Waals surface area contributed by atoms with Crippen LogP contribution in [0.25, 0.3) is 11.0 Å². The maximum atomic E-state index is 11.8. The Balaban J connectivity index is 1.75. The number of hydrogen-bond acceptors (Lipinski definition) is 4. The number of hydrogen-bond donors (Lipinski definition) is 2. The lowest BCUT2D eigenvalue weighted by Gasteiger charge is -2.28. The number of rotatable bonds is 4. The molecule has 2 aromatic heterocycles. The van der Waals surface area contributed by atoms with Crippen molar-refractivity contribution in [3.63, 3.8) is 0 Å². The molecular formula is C18H26N4O2. The van der Waals surface area contributed by atoms with Crippen molar-refractivity contribution in [2.45, 2.75) is 32.6 Å². The fourth-order valence-corrected chi connectivity index (χ4v) is 3.10. The summed E-state index contributed by atoms with van der Waals surface area (Å²) in [7, 11) is 2.16. The largest absolute Gasteiger partial charge is 0.449 e. The van der Waals surface area contributed by atoms with Crippen LogP contribution in [-0.4, -0.2) is 47.7 Å². The van der Waals surface area contributed by atoms with Crippen molar-refractivity contribution in [3.05, 3.63) is 23.9 Å². The van der Waals surface area contributed by atoms with Crippen molar-refractivity contribution in [1.82, 2.24) is 14.9 Å². The van der Waals surface area contributed by atoms with Gasteiger partial charge in [-0.15, -0.1) is 0 Å². The maximum Gasteiger partial charge on any atom is 0.412 e. The summed E-state index contributed by atoms with van der Waals surface area (Å²) in [5.74, 6) is 1.36. The van der Waals surface area contributed by atoms with Gasteiger partial charge in [-0.3, -0.25) is 5.32 Å². The monoisotopic (exact) mass is 330 g/mol. The number of H-pyrrole nitrogens is 1. The molecule has 0 aliphatic carbocycles. The summed E-state index contributed by atoms with van der Waals surface area (Å²) in [5, 5.41) is 2.72. The first-order valence-electron chi connectivity index (χ1n) is 8.63. The predicted octanol–water partition coefficient (Wildman–Crippen LogP) is 3.58. The van der Waals surface area contributed by atoms with Gasteiger partial charge in [0.25, 0.3) is 0 Å². The Labute approximate surface area is 142 Å². The van der Waals surface area contributed by atoms with Crippen LogP contribution in [0.2, 0.25) is 0 Å². The molecule has 0 saturated carbocycles. The molecule has 1 aliphatic rings. The minimum atomic E-state index is -0.452. The molecule has 0 aromatic carbocycles. The van der Waals surface area contributed by atoms with E-state index in [9.17, 15) is 4.79 Å². The summed E-state index contributed by atoms with van der Waals surface area (Å²) in [6, 6.07) is 3.76. The van der Waals surface area contributed by atoms with Crippen molar-refractivity contribution in [2.75, 3.05) is 32.1 Å². The van der Waals surface area contributed by atoms with Gasteiger partial charge in [0.05, 0.1) is 17.6 Å². The third-order valence-corrected chi connectivity index (χ3v) is 4.49. The van der Waals surface area contributed by atoms with E-state index in [1.807, 2.05) is 19.9 Å². The third-order valence-electron chi connectivity index (χ3n) is 4.49. The van der Waals surface area contributed by atoms with Crippen molar-refractivity contribution in [1.29, 1.82) is 0 Å². The Kier molecular flexibility index (Phi) is 5.04. The number of carbonyl (C=O) groups is 1. The second-order valence-corrected chi connectivity index (χ2v) is 7.03. The fraction of sp³-hybridized carbons (Fsp3) is 0.556. The van der Waals surface area contributed by atoms with Crippen LogP contribution in [0.3, 0.4) is 0 Å². The average molecular weight is 330 g/mol. The molecule has 130 valence electrons. The maximum absolute atomic E-state index is 11.8. The van der Waals surface area contributed by atoms with Gasteiger partial charge in [0, 0.05) is 6.20 Å². The second kappa shape index (κ2) is 7.21. The molecule has 0 spiro atoms. The van der Waals surface area contributed by atoms with Crippen molar-refractivity contribution in [3.8, 4) is 0 Å². The van der Waals surface area contributed by atoms with Crippen LogP contribution >= 0.6 is 0 Å². The van der Waals surface area contributed by atoms with Gasteiger partial charge < -0.3 is 14.6 Å². The highest BCUT2D eigenvalue weighted by Crippen LogP contribution is 2.32. The van der Waals surface area contributed by atoms with Gasteiger partial charge in [-0.25, -0.2) is 9.78 Å². The van der Waals surface area contributed by atoms with Gasteiger partial charge in [0.1, 0.15) is 5.82 Å². The lowest BCUT2D eigenvalue weighted by Crippen LogP contribution is -2.29. The molecule has 1 saturated heterocycles. The van der Waals surface area contributed by atoms with E-state index in [2.05, 4.69) is 33.4 Å². The normalized spacial score (nSPS) is 16.7. The molecule has 6 heteroatoms. The number of amides is 1. The van der Waals surface area contributed by atoms with E-state index in [-0.39, 0.29) is 0 Å². The summed E-state index contributed by atoms with van der Waals surface area (Å²) in [5.41, 5.74) is 3.20. The second-order valence-electron chi connectivity index (χ2n) is 7.03. The molecule has 0 bridgehead atoms. The topological polar surface area (TPSA) is 70.2 Å². The number of carbonyl (C=O) groups excluding carboxylic acids is 1. The molecule has 0 unspecified atom stereocenters. The zero-order chi connectivity index (χ0) is 17.1. The first-order chi connectivity index (χ1) is 11.5. The molecule has 0 radical (unpaired) electrons. The number of piperidine rings is 1. The number of pyridine rings is 1. The van der Waals surface area contributed by atoms with Crippen LogP contribution in [0.4, 0.5) is 10.6 Å². The van der Waals surface area contributed by atoms with E-state index in [0.29, 0.717) is 24.3 Å². The molecule has 3 rings (SSSR count). The van der Waals surface area contributed by atoms with Gasteiger partial charge in [-0.1, -0.05) is 13.8 Å². The summed E-state index contributed by atoms with van der Waals surface area (Å²) in [4.78, 5) is 22.1. The number of ether oxygens (including phenoxy) is 1. The van der Waals surface area contributed by atoms with Gasteiger partial charge in [0.2, 0.25) is 0 Å². The summed E-state index contributed by atoms with van der Waals surface area (Å²) < 4.78 is 5.16.